The highest BCUT2D eigenvalue weighted by Crippen LogP contribution is 2.36. The minimum absolute atomic E-state index is 0.0284. The largest absolute Gasteiger partial charge is 0.497 e. The number of thioether (sulfide) groups is 1. The highest BCUT2D eigenvalue weighted by atomic mass is 32.2. The number of hydrogen-bond donors (Lipinski definition) is 0. The van der Waals surface area contributed by atoms with Gasteiger partial charge in [-0.1, -0.05) is 48.2 Å². The molecule has 2 aromatic carbocycles. The Morgan fingerprint density at radius 3 is 2.73 bits per heavy atom. The Labute approximate surface area is 180 Å². The smallest absolute Gasteiger partial charge is 0.316 e. The van der Waals surface area contributed by atoms with Crippen molar-refractivity contribution in [3.63, 3.8) is 0 Å². The van der Waals surface area contributed by atoms with E-state index in [9.17, 15) is 13.2 Å². The van der Waals surface area contributed by atoms with Gasteiger partial charge in [-0.15, -0.1) is 0 Å². The summed E-state index contributed by atoms with van der Waals surface area (Å²) in [5.41, 5.74) is 1.72. The number of amidine groups is 1. The Morgan fingerprint density at radius 1 is 1.17 bits per heavy atom. The summed E-state index contributed by atoms with van der Waals surface area (Å²) in [5, 5.41) is 0.629. The van der Waals surface area contributed by atoms with E-state index in [1.54, 1.807) is 7.11 Å². The Hall–Kier alpha value is -2.52. The van der Waals surface area contributed by atoms with Crippen LogP contribution >= 0.6 is 11.8 Å². The Kier molecular flexibility index (Phi) is 6.01. The molecule has 0 aromatic heterocycles. The minimum atomic E-state index is -3.14. The van der Waals surface area contributed by atoms with Crippen LogP contribution in [0.4, 0.5) is 5.69 Å². The number of sulfone groups is 1. The topological polar surface area (TPSA) is 85.3 Å². The zero-order valence-corrected chi connectivity index (χ0v) is 18.1. The molecule has 0 amide bonds. The van der Waals surface area contributed by atoms with Crippen LogP contribution in [0.15, 0.2) is 59.6 Å². The van der Waals surface area contributed by atoms with Crippen LogP contribution in [0.3, 0.4) is 0 Å². The summed E-state index contributed by atoms with van der Waals surface area (Å²) in [5.74, 6) is 0.491. The van der Waals surface area contributed by atoms with Crippen LogP contribution in [0.25, 0.3) is 0 Å². The Bertz CT molecular complexity index is 1060. The van der Waals surface area contributed by atoms with Gasteiger partial charge < -0.3 is 14.4 Å². The number of hydrogen-bond acceptors (Lipinski definition) is 8. The zero-order valence-electron chi connectivity index (χ0n) is 16.4. The fraction of sp³-hybridized carbons (Fsp3) is 0.333. The number of methoxy groups -OCH3 is 1. The second-order valence-corrected chi connectivity index (χ2v) is 10.2. The molecule has 0 N–H and O–H groups in total. The molecule has 0 spiro atoms. The van der Waals surface area contributed by atoms with E-state index in [1.165, 1.54) is 11.8 Å². The van der Waals surface area contributed by atoms with Crippen molar-refractivity contribution in [1.82, 2.24) is 0 Å². The van der Waals surface area contributed by atoms with Crippen molar-refractivity contribution in [1.29, 1.82) is 0 Å². The number of esters is 1. The number of fused-ring (bicyclic) bond motifs is 1. The first-order valence-corrected chi connectivity index (χ1v) is 12.3. The summed E-state index contributed by atoms with van der Waals surface area (Å²) in [6.45, 7) is 0.218. The van der Waals surface area contributed by atoms with Gasteiger partial charge in [0, 0.05) is 11.8 Å². The van der Waals surface area contributed by atoms with Crippen molar-refractivity contribution in [2.45, 2.75) is 18.7 Å². The van der Waals surface area contributed by atoms with Gasteiger partial charge in [0.15, 0.2) is 15.0 Å². The van der Waals surface area contributed by atoms with E-state index >= 15 is 0 Å². The predicted octanol–water partition coefficient (Wildman–Crippen LogP) is 2.51. The first-order valence-electron chi connectivity index (χ1n) is 9.49. The normalized spacial score (nSPS) is 21.8. The average molecular weight is 447 g/mol. The van der Waals surface area contributed by atoms with Gasteiger partial charge in [-0.3, -0.25) is 9.79 Å². The summed E-state index contributed by atoms with van der Waals surface area (Å²) in [6.07, 6.45) is 0. The van der Waals surface area contributed by atoms with Gasteiger partial charge in [0.2, 0.25) is 0 Å². The summed E-state index contributed by atoms with van der Waals surface area (Å²) >= 11 is 1.27. The van der Waals surface area contributed by atoms with Gasteiger partial charge in [0.1, 0.15) is 12.4 Å². The summed E-state index contributed by atoms with van der Waals surface area (Å²) in [6, 6.07) is 16.3. The maximum atomic E-state index is 12.2. The summed E-state index contributed by atoms with van der Waals surface area (Å²) in [7, 11) is -1.56. The van der Waals surface area contributed by atoms with Crippen molar-refractivity contribution < 1.29 is 22.7 Å². The molecular weight excluding hydrogens is 424 g/mol. The van der Waals surface area contributed by atoms with E-state index in [-0.39, 0.29) is 41.9 Å². The second-order valence-electron chi connectivity index (χ2n) is 7.13. The number of aliphatic imine (C=N–C) groups is 1. The highest BCUT2D eigenvalue weighted by molar-refractivity contribution is 8.14. The van der Waals surface area contributed by atoms with Gasteiger partial charge in [0.05, 0.1) is 36.5 Å². The lowest BCUT2D eigenvalue weighted by Crippen LogP contribution is -2.39. The summed E-state index contributed by atoms with van der Waals surface area (Å²) in [4.78, 5) is 18.8. The molecule has 0 saturated carbocycles. The van der Waals surface area contributed by atoms with Crippen LogP contribution in [-0.4, -0.2) is 56.0 Å². The van der Waals surface area contributed by atoms with Gasteiger partial charge in [-0.05, 0) is 17.7 Å². The van der Waals surface area contributed by atoms with E-state index in [0.29, 0.717) is 10.9 Å². The van der Waals surface area contributed by atoms with Crippen LogP contribution in [0.1, 0.15) is 5.56 Å². The van der Waals surface area contributed by atoms with Crippen LogP contribution < -0.4 is 9.64 Å². The van der Waals surface area contributed by atoms with E-state index in [0.717, 1.165) is 11.3 Å². The molecule has 30 heavy (non-hydrogen) atoms. The van der Waals surface area contributed by atoms with Gasteiger partial charge in [0.25, 0.3) is 0 Å². The molecule has 0 unspecified atom stereocenters. The zero-order chi connectivity index (χ0) is 21.1. The van der Waals surface area contributed by atoms with Crippen molar-refractivity contribution in [3.05, 3.63) is 60.2 Å². The molecule has 0 bridgehead atoms. The quantitative estimate of drug-likeness (QED) is 0.630. The Morgan fingerprint density at radius 2 is 1.97 bits per heavy atom. The minimum Gasteiger partial charge on any atom is -0.497 e. The molecule has 0 radical (unpaired) electrons. The van der Waals surface area contributed by atoms with Crippen molar-refractivity contribution in [2.24, 2.45) is 4.99 Å². The maximum absolute atomic E-state index is 12.2. The number of ether oxygens (including phenoxy) is 2. The first kappa shape index (κ1) is 20.7. The standard InChI is InChI=1S/C21H22N2O5S2/c1-27-17-9-5-8-16(10-17)23-19-14-30(25,26)13-18(19)22-21(23)29-12-20(24)28-11-15-6-3-2-4-7-15/h2-10,18-19H,11-14H2,1H3/t18-,19+/m0/s1. The average Bonchev–Trinajstić information content (AvgIpc) is 3.22. The summed E-state index contributed by atoms with van der Waals surface area (Å²) < 4.78 is 34.9. The number of anilines is 1. The van der Waals surface area contributed by atoms with Crippen LogP contribution in [0, 0.1) is 0 Å². The Balaban J connectivity index is 1.46. The lowest BCUT2D eigenvalue weighted by Gasteiger charge is -2.26. The van der Waals surface area contributed by atoms with Gasteiger partial charge >= 0.3 is 5.97 Å². The van der Waals surface area contributed by atoms with Crippen molar-refractivity contribution in [2.75, 3.05) is 29.3 Å². The molecule has 0 aliphatic carbocycles. The maximum Gasteiger partial charge on any atom is 0.316 e. The predicted molar refractivity (Wildman–Crippen MR) is 118 cm³/mol. The SMILES string of the molecule is COc1cccc(N2C(SCC(=O)OCc3ccccc3)=N[C@H]3CS(=O)(=O)C[C@H]32)c1. The molecule has 158 valence electrons. The van der Waals surface area contributed by atoms with Crippen LogP contribution in [-0.2, 0) is 26.0 Å². The third-order valence-corrected chi connectivity index (χ3v) is 7.64. The molecule has 2 atom stereocenters. The first-order chi connectivity index (χ1) is 14.4. The molecule has 2 heterocycles. The molecule has 2 aromatic rings. The number of carbonyl (C=O) groups is 1. The van der Waals surface area contributed by atoms with Crippen LogP contribution in [0.2, 0.25) is 0 Å². The third-order valence-electron chi connectivity index (χ3n) is 5.00. The molecular formula is C21H22N2O5S2. The van der Waals surface area contributed by atoms with Gasteiger partial charge in [-0.2, -0.15) is 0 Å². The lowest BCUT2D eigenvalue weighted by molar-refractivity contribution is -0.141. The van der Waals surface area contributed by atoms with Crippen molar-refractivity contribution >= 4 is 38.4 Å². The molecule has 4 rings (SSSR count). The van der Waals surface area contributed by atoms with E-state index in [1.807, 2.05) is 59.5 Å². The fourth-order valence-electron chi connectivity index (χ4n) is 3.60. The van der Waals surface area contributed by atoms with E-state index in [4.69, 9.17) is 9.47 Å². The number of nitrogens with zero attached hydrogens (tertiary/aromatic N) is 2. The third kappa shape index (κ3) is 4.62. The van der Waals surface area contributed by atoms with Crippen molar-refractivity contribution in [3.8, 4) is 5.75 Å². The molecule has 2 aliphatic heterocycles. The monoisotopic (exact) mass is 446 g/mol. The molecule has 1 fully saturated rings. The molecule has 9 heteroatoms. The second kappa shape index (κ2) is 8.69. The highest BCUT2D eigenvalue weighted by Gasteiger charge is 2.47. The number of carbonyl (C=O) groups excluding carboxylic acids is 1. The number of rotatable bonds is 6. The lowest BCUT2D eigenvalue weighted by atomic mass is 10.1. The fourth-order valence-corrected chi connectivity index (χ4v) is 6.36. The van der Waals surface area contributed by atoms with Crippen LogP contribution in [0.5, 0.6) is 5.75 Å². The molecule has 2 aliphatic rings. The van der Waals surface area contributed by atoms with E-state index < -0.39 is 9.84 Å². The molecule has 7 nitrogen and oxygen atoms in total. The number of benzene rings is 2. The molecule has 1 saturated heterocycles. The van der Waals surface area contributed by atoms with Gasteiger partial charge in [-0.25, -0.2) is 8.42 Å². The van der Waals surface area contributed by atoms with E-state index in [2.05, 4.69) is 4.99 Å².